The molecule has 0 bridgehead atoms. The van der Waals surface area contributed by atoms with Crippen LogP contribution in [0.15, 0.2) is 72.8 Å². The molecule has 0 unspecified atom stereocenters. The Morgan fingerprint density at radius 3 is 2.41 bits per heavy atom. The number of ether oxygens (including phenoxy) is 2. The number of rotatable bonds is 6. The van der Waals surface area contributed by atoms with Crippen molar-refractivity contribution in [1.82, 2.24) is 9.55 Å². The zero-order valence-electron chi connectivity index (χ0n) is 18.4. The van der Waals surface area contributed by atoms with Crippen molar-refractivity contribution in [3.63, 3.8) is 0 Å². The molecule has 170 valence electrons. The number of aromatic nitrogens is 2. The SMILES string of the molecule is COc1ccc2nc(-n3c(O)c(O)c(C(=O)c4ccccc4OC)c3-c3ccccc3)sc2c1. The molecule has 0 aliphatic heterocycles. The van der Waals surface area contributed by atoms with Crippen molar-refractivity contribution in [1.29, 1.82) is 0 Å². The fourth-order valence-electron chi connectivity index (χ4n) is 3.90. The lowest BCUT2D eigenvalue weighted by Gasteiger charge is -2.11. The topological polar surface area (TPSA) is 93.8 Å². The van der Waals surface area contributed by atoms with Gasteiger partial charge in [0.2, 0.25) is 11.7 Å². The van der Waals surface area contributed by atoms with Crippen LogP contribution in [0.25, 0.3) is 26.6 Å². The minimum absolute atomic E-state index is 0.0370. The van der Waals surface area contributed by atoms with Gasteiger partial charge in [-0.3, -0.25) is 9.36 Å². The Kier molecular flexibility index (Phi) is 5.43. The maximum atomic E-state index is 13.7. The van der Waals surface area contributed by atoms with E-state index >= 15 is 0 Å². The van der Waals surface area contributed by atoms with E-state index in [1.54, 1.807) is 49.6 Å². The normalized spacial score (nSPS) is 11.0. The van der Waals surface area contributed by atoms with Crippen LogP contribution in [-0.4, -0.2) is 39.8 Å². The van der Waals surface area contributed by atoms with Crippen LogP contribution in [0.2, 0.25) is 0 Å². The maximum absolute atomic E-state index is 13.7. The molecule has 0 saturated carbocycles. The molecule has 0 radical (unpaired) electrons. The lowest BCUT2D eigenvalue weighted by atomic mass is 9.98. The summed E-state index contributed by atoms with van der Waals surface area (Å²) in [6.07, 6.45) is 0. The molecule has 0 saturated heterocycles. The maximum Gasteiger partial charge on any atom is 0.242 e. The highest BCUT2D eigenvalue weighted by Gasteiger charge is 2.32. The summed E-state index contributed by atoms with van der Waals surface area (Å²) in [4.78, 5) is 18.3. The van der Waals surface area contributed by atoms with E-state index < -0.39 is 17.4 Å². The van der Waals surface area contributed by atoms with Gasteiger partial charge in [0.1, 0.15) is 11.5 Å². The number of methoxy groups -OCH3 is 2. The molecule has 34 heavy (non-hydrogen) atoms. The first-order chi connectivity index (χ1) is 16.5. The molecule has 7 nitrogen and oxygen atoms in total. The number of aromatic hydroxyl groups is 2. The fourth-order valence-corrected chi connectivity index (χ4v) is 4.90. The van der Waals surface area contributed by atoms with E-state index in [0.717, 1.165) is 4.70 Å². The van der Waals surface area contributed by atoms with Gasteiger partial charge in [0, 0.05) is 0 Å². The van der Waals surface area contributed by atoms with Crippen LogP contribution < -0.4 is 9.47 Å². The van der Waals surface area contributed by atoms with Crippen molar-refractivity contribution in [2.75, 3.05) is 14.2 Å². The Labute approximate surface area is 199 Å². The van der Waals surface area contributed by atoms with Crippen molar-refractivity contribution in [3.05, 3.63) is 83.9 Å². The molecule has 8 heteroatoms. The summed E-state index contributed by atoms with van der Waals surface area (Å²) in [7, 11) is 3.06. The fraction of sp³-hybridized carbons (Fsp3) is 0.0769. The average molecular weight is 473 g/mol. The molecule has 0 fully saturated rings. The lowest BCUT2D eigenvalue weighted by molar-refractivity contribution is 0.103. The summed E-state index contributed by atoms with van der Waals surface area (Å²) in [6, 6.07) is 21.3. The number of thiazole rings is 1. The van der Waals surface area contributed by atoms with Gasteiger partial charge in [0.05, 0.1) is 41.3 Å². The molecule has 5 aromatic rings. The summed E-state index contributed by atoms with van der Waals surface area (Å²) >= 11 is 1.30. The van der Waals surface area contributed by atoms with Gasteiger partial charge in [-0.15, -0.1) is 0 Å². The van der Waals surface area contributed by atoms with Crippen molar-refractivity contribution < 1.29 is 24.5 Å². The number of hydrogen-bond acceptors (Lipinski definition) is 7. The third-order valence-corrected chi connectivity index (χ3v) is 6.53. The van der Waals surface area contributed by atoms with Gasteiger partial charge >= 0.3 is 0 Å². The number of benzene rings is 3. The van der Waals surface area contributed by atoms with Gasteiger partial charge in [-0.1, -0.05) is 53.8 Å². The summed E-state index contributed by atoms with van der Waals surface area (Å²) in [5.41, 5.74) is 1.89. The summed E-state index contributed by atoms with van der Waals surface area (Å²) in [5, 5.41) is 22.4. The third-order valence-electron chi connectivity index (χ3n) is 5.52. The Hall–Kier alpha value is -4.30. The molecule has 2 aromatic heterocycles. The van der Waals surface area contributed by atoms with E-state index in [2.05, 4.69) is 4.98 Å². The van der Waals surface area contributed by atoms with E-state index in [1.165, 1.54) is 23.0 Å². The third kappa shape index (κ3) is 3.45. The van der Waals surface area contributed by atoms with Crippen LogP contribution in [-0.2, 0) is 0 Å². The average Bonchev–Trinajstić information content (AvgIpc) is 3.41. The Balaban J connectivity index is 1.79. The van der Waals surface area contributed by atoms with E-state index in [1.807, 2.05) is 30.3 Å². The molecule has 0 atom stereocenters. The second-order valence-electron chi connectivity index (χ2n) is 7.46. The second kappa shape index (κ2) is 8.57. The Morgan fingerprint density at radius 1 is 0.941 bits per heavy atom. The van der Waals surface area contributed by atoms with Crippen LogP contribution in [0.4, 0.5) is 0 Å². The largest absolute Gasteiger partial charge is 0.503 e. The van der Waals surface area contributed by atoms with Gasteiger partial charge in [0.25, 0.3) is 0 Å². The van der Waals surface area contributed by atoms with Crippen LogP contribution in [0.5, 0.6) is 23.1 Å². The number of carbonyl (C=O) groups is 1. The van der Waals surface area contributed by atoms with E-state index in [0.29, 0.717) is 33.4 Å². The smallest absolute Gasteiger partial charge is 0.242 e. The molecule has 3 aromatic carbocycles. The number of hydrogen-bond donors (Lipinski definition) is 2. The number of para-hydroxylation sites is 1. The lowest BCUT2D eigenvalue weighted by Crippen LogP contribution is -2.06. The van der Waals surface area contributed by atoms with Gasteiger partial charge < -0.3 is 19.7 Å². The first-order valence-electron chi connectivity index (χ1n) is 10.4. The molecule has 2 N–H and O–H groups in total. The van der Waals surface area contributed by atoms with Crippen molar-refractivity contribution in [3.8, 4) is 39.5 Å². The quantitative estimate of drug-likeness (QED) is 0.321. The standard InChI is InChI=1S/C26H20N2O5S/c1-32-16-12-13-18-20(14-16)34-26(27-18)28-22(15-8-4-3-5-9-15)21(24(30)25(28)31)23(29)17-10-6-7-11-19(17)33-2/h3-14,30-31H,1-2H3. The van der Waals surface area contributed by atoms with Crippen LogP contribution in [0.1, 0.15) is 15.9 Å². The zero-order chi connectivity index (χ0) is 23.8. The number of ketones is 1. The molecule has 0 spiro atoms. The van der Waals surface area contributed by atoms with Gasteiger partial charge in [-0.05, 0) is 35.9 Å². The predicted molar refractivity (Wildman–Crippen MR) is 131 cm³/mol. The molecule has 2 heterocycles. The van der Waals surface area contributed by atoms with Gasteiger partial charge in [-0.2, -0.15) is 0 Å². The van der Waals surface area contributed by atoms with E-state index in [-0.39, 0.29) is 11.1 Å². The first kappa shape index (κ1) is 21.5. The monoisotopic (exact) mass is 472 g/mol. The summed E-state index contributed by atoms with van der Waals surface area (Å²) < 4.78 is 12.9. The Morgan fingerprint density at radius 2 is 1.68 bits per heavy atom. The highest BCUT2D eigenvalue weighted by atomic mass is 32.1. The van der Waals surface area contributed by atoms with Crippen molar-refractivity contribution >= 4 is 27.3 Å². The Bertz CT molecular complexity index is 1520. The second-order valence-corrected chi connectivity index (χ2v) is 8.47. The predicted octanol–water partition coefficient (Wildman–Crippen LogP) is 5.41. The van der Waals surface area contributed by atoms with E-state index in [9.17, 15) is 15.0 Å². The number of carbonyl (C=O) groups excluding carboxylic acids is 1. The zero-order valence-corrected chi connectivity index (χ0v) is 19.2. The minimum atomic E-state index is -0.522. The molecular weight excluding hydrogens is 452 g/mol. The van der Waals surface area contributed by atoms with Crippen LogP contribution >= 0.6 is 11.3 Å². The van der Waals surface area contributed by atoms with Crippen molar-refractivity contribution in [2.45, 2.75) is 0 Å². The van der Waals surface area contributed by atoms with Crippen molar-refractivity contribution in [2.24, 2.45) is 0 Å². The number of nitrogens with zero attached hydrogens (tertiary/aromatic N) is 2. The highest BCUT2D eigenvalue weighted by molar-refractivity contribution is 7.20. The molecule has 5 rings (SSSR count). The minimum Gasteiger partial charge on any atom is -0.503 e. The van der Waals surface area contributed by atoms with E-state index in [4.69, 9.17) is 9.47 Å². The van der Waals surface area contributed by atoms with Crippen LogP contribution in [0, 0.1) is 0 Å². The summed E-state index contributed by atoms with van der Waals surface area (Å²) in [6.45, 7) is 0. The molecule has 0 aliphatic rings. The first-order valence-corrected chi connectivity index (χ1v) is 11.2. The number of fused-ring (bicyclic) bond motifs is 1. The van der Waals surface area contributed by atoms with Gasteiger partial charge in [-0.25, -0.2) is 4.98 Å². The summed E-state index contributed by atoms with van der Waals surface area (Å²) in [5.74, 6) is -0.428. The van der Waals surface area contributed by atoms with Gasteiger partial charge in [0.15, 0.2) is 10.9 Å². The molecule has 0 amide bonds. The highest BCUT2D eigenvalue weighted by Crippen LogP contribution is 2.45. The molecular formula is C26H20N2O5S. The molecule has 0 aliphatic carbocycles. The van der Waals surface area contributed by atoms with Crippen LogP contribution in [0.3, 0.4) is 0 Å².